The minimum absolute atomic E-state index is 0.192. The number of hydrogen-bond donors (Lipinski definition) is 1. The van der Waals surface area contributed by atoms with E-state index in [1.807, 2.05) is 12.1 Å². The zero-order valence-corrected chi connectivity index (χ0v) is 13.1. The molecule has 1 N–H and O–H groups in total. The predicted molar refractivity (Wildman–Crippen MR) is 83.2 cm³/mol. The highest BCUT2D eigenvalue weighted by atomic mass is 79.9. The van der Waals surface area contributed by atoms with Crippen LogP contribution in [0.3, 0.4) is 0 Å². The van der Waals surface area contributed by atoms with E-state index in [9.17, 15) is 0 Å². The lowest BCUT2D eigenvalue weighted by Gasteiger charge is -2.16. The molecule has 0 aliphatic rings. The monoisotopic (exact) mass is 349 g/mol. The first-order chi connectivity index (χ1) is 9.74. The molecule has 3 rings (SSSR count). The highest BCUT2D eigenvalue weighted by Gasteiger charge is 2.12. The van der Waals surface area contributed by atoms with E-state index in [0.717, 1.165) is 16.0 Å². The molecule has 0 spiro atoms. The number of nitrogens with zero attached hydrogens (tertiary/aromatic N) is 4. The molecule has 7 heteroatoms. The highest BCUT2D eigenvalue weighted by molar-refractivity contribution is 9.10. The Kier molecular flexibility index (Phi) is 3.79. The van der Waals surface area contributed by atoms with Crippen LogP contribution in [0, 0.1) is 0 Å². The number of hydrogen-bond acceptors (Lipinski definition) is 5. The Morgan fingerprint density at radius 2 is 2.35 bits per heavy atom. The minimum atomic E-state index is 0.192. The molecule has 0 bridgehead atoms. The van der Waals surface area contributed by atoms with Gasteiger partial charge >= 0.3 is 0 Å². The van der Waals surface area contributed by atoms with Crippen molar-refractivity contribution in [2.24, 2.45) is 0 Å². The van der Waals surface area contributed by atoms with Gasteiger partial charge < -0.3 is 5.32 Å². The Labute approximate surface area is 128 Å². The lowest BCUT2D eigenvalue weighted by molar-refractivity contribution is 0.832. The Morgan fingerprint density at radius 3 is 3.05 bits per heavy atom. The van der Waals surface area contributed by atoms with Crippen LogP contribution in [0.25, 0.3) is 5.82 Å². The Bertz CT molecular complexity index is 694. The van der Waals surface area contributed by atoms with E-state index < -0.39 is 0 Å². The van der Waals surface area contributed by atoms with Gasteiger partial charge in [0.25, 0.3) is 0 Å². The zero-order valence-electron chi connectivity index (χ0n) is 10.7. The van der Waals surface area contributed by atoms with Crippen LogP contribution in [0.2, 0.25) is 0 Å². The van der Waals surface area contributed by atoms with Gasteiger partial charge in [-0.15, -0.1) is 11.3 Å². The van der Waals surface area contributed by atoms with Gasteiger partial charge in [-0.05, 0) is 41.1 Å². The smallest absolute Gasteiger partial charge is 0.178 e. The molecule has 3 aromatic rings. The number of rotatable bonds is 4. The number of nitrogens with one attached hydrogen (secondary N) is 1. The van der Waals surface area contributed by atoms with Crippen LogP contribution in [-0.4, -0.2) is 19.7 Å². The number of pyridine rings is 1. The first-order valence-electron chi connectivity index (χ1n) is 6.04. The van der Waals surface area contributed by atoms with Crippen molar-refractivity contribution < 1.29 is 0 Å². The molecule has 0 saturated heterocycles. The van der Waals surface area contributed by atoms with Crippen LogP contribution in [0.1, 0.15) is 17.8 Å². The molecule has 0 radical (unpaired) electrons. The van der Waals surface area contributed by atoms with Gasteiger partial charge in [0.2, 0.25) is 0 Å². The summed E-state index contributed by atoms with van der Waals surface area (Å²) in [6.07, 6.45) is 4.88. The fraction of sp³-hybridized carbons (Fsp3) is 0.154. The summed E-state index contributed by atoms with van der Waals surface area (Å²) in [7, 11) is 0. The van der Waals surface area contributed by atoms with Gasteiger partial charge in [-0.2, -0.15) is 5.10 Å². The van der Waals surface area contributed by atoms with Gasteiger partial charge in [-0.1, -0.05) is 0 Å². The third kappa shape index (κ3) is 2.73. The molecule has 1 unspecified atom stereocenters. The lowest BCUT2D eigenvalue weighted by atomic mass is 10.2. The van der Waals surface area contributed by atoms with Crippen molar-refractivity contribution in [2.75, 3.05) is 5.32 Å². The molecule has 0 fully saturated rings. The molecule has 0 amide bonds. The zero-order chi connectivity index (χ0) is 13.9. The van der Waals surface area contributed by atoms with Gasteiger partial charge in [0.1, 0.15) is 12.7 Å². The largest absolute Gasteiger partial charge is 0.375 e. The topological polar surface area (TPSA) is 55.6 Å². The van der Waals surface area contributed by atoms with E-state index in [1.54, 1.807) is 28.5 Å². The minimum Gasteiger partial charge on any atom is -0.375 e. The van der Waals surface area contributed by atoms with Crippen molar-refractivity contribution in [1.82, 2.24) is 19.7 Å². The Morgan fingerprint density at radius 1 is 1.45 bits per heavy atom. The molecule has 0 aliphatic carbocycles. The Hall–Kier alpha value is -1.73. The van der Waals surface area contributed by atoms with Crippen LogP contribution < -0.4 is 5.32 Å². The first kappa shape index (κ1) is 13.3. The van der Waals surface area contributed by atoms with E-state index >= 15 is 0 Å². The van der Waals surface area contributed by atoms with Crippen molar-refractivity contribution in [3.05, 3.63) is 51.8 Å². The summed E-state index contributed by atoms with van der Waals surface area (Å²) in [5.41, 5.74) is 0.926. The normalized spacial score (nSPS) is 12.3. The molecule has 102 valence electrons. The summed E-state index contributed by atoms with van der Waals surface area (Å²) in [4.78, 5) is 9.58. The molecule has 20 heavy (non-hydrogen) atoms. The molecule has 0 aliphatic heterocycles. The van der Waals surface area contributed by atoms with Crippen LogP contribution in [0.4, 0.5) is 5.69 Å². The van der Waals surface area contributed by atoms with Gasteiger partial charge in [0, 0.05) is 20.9 Å². The molecule has 0 aromatic carbocycles. The number of halogens is 1. The highest BCUT2D eigenvalue weighted by Crippen LogP contribution is 2.29. The Balaban J connectivity index is 1.88. The average Bonchev–Trinajstić information content (AvgIpc) is 3.10. The van der Waals surface area contributed by atoms with Crippen molar-refractivity contribution in [2.45, 2.75) is 13.0 Å². The number of thiophene rings is 1. The van der Waals surface area contributed by atoms with Gasteiger partial charge in [0.15, 0.2) is 5.82 Å². The van der Waals surface area contributed by atoms with Gasteiger partial charge in [-0.3, -0.25) is 0 Å². The van der Waals surface area contributed by atoms with E-state index in [1.165, 1.54) is 11.2 Å². The van der Waals surface area contributed by atoms with E-state index in [-0.39, 0.29) is 6.04 Å². The molecule has 3 aromatic heterocycles. The maximum Gasteiger partial charge on any atom is 0.178 e. The second-order valence-corrected chi connectivity index (χ2v) is 6.11. The fourth-order valence-electron chi connectivity index (χ4n) is 1.87. The summed E-state index contributed by atoms with van der Waals surface area (Å²) in [6.45, 7) is 2.12. The molecule has 5 nitrogen and oxygen atoms in total. The second-order valence-electron chi connectivity index (χ2n) is 4.25. The number of anilines is 1. The predicted octanol–water partition coefficient (Wildman–Crippen LogP) is 3.66. The van der Waals surface area contributed by atoms with Crippen molar-refractivity contribution in [3.63, 3.8) is 0 Å². The summed E-state index contributed by atoms with van der Waals surface area (Å²) < 4.78 is 2.76. The second kappa shape index (κ2) is 5.72. The lowest BCUT2D eigenvalue weighted by Crippen LogP contribution is -2.09. The average molecular weight is 350 g/mol. The summed E-state index contributed by atoms with van der Waals surface area (Å²) in [5.74, 6) is 0.743. The van der Waals surface area contributed by atoms with Crippen LogP contribution in [0.5, 0.6) is 0 Å². The van der Waals surface area contributed by atoms with E-state index in [0.29, 0.717) is 0 Å². The standard InChI is InChI=1S/C13H12BrN5S/c1-9(12-5-10(14)6-20-12)18-11-3-2-4-16-13(11)19-8-15-7-17-19/h2-9,18H,1H3. The molecular weight excluding hydrogens is 338 g/mol. The van der Waals surface area contributed by atoms with E-state index in [4.69, 9.17) is 0 Å². The maximum atomic E-state index is 4.37. The van der Waals surface area contributed by atoms with Crippen molar-refractivity contribution >= 4 is 33.0 Å². The quantitative estimate of drug-likeness (QED) is 0.780. The maximum absolute atomic E-state index is 4.37. The summed E-state index contributed by atoms with van der Waals surface area (Å²) in [5, 5.41) is 9.67. The molecule has 1 atom stereocenters. The summed E-state index contributed by atoms with van der Waals surface area (Å²) >= 11 is 5.20. The van der Waals surface area contributed by atoms with Crippen LogP contribution in [0.15, 0.2) is 46.9 Å². The number of aromatic nitrogens is 4. The molecule has 0 saturated carbocycles. The van der Waals surface area contributed by atoms with Gasteiger partial charge in [-0.25, -0.2) is 14.6 Å². The van der Waals surface area contributed by atoms with Crippen LogP contribution >= 0.6 is 27.3 Å². The van der Waals surface area contributed by atoms with Crippen LogP contribution in [-0.2, 0) is 0 Å². The third-order valence-corrected chi connectivity index (χ3v) is 4.69. The third-order valence-electron chi connectivity index (χ3n) is 2.81. The SMILES string of the molecule is CC(Nc1cccnc1-n1cncn1)c1cc(Br)cs1. The van der Waals surface area contributed by atoms with Crippen molar-refractivity contribution in [1.29, 1.82) is 0 Å². The fourth-order valence-corrected chi connectivity index (χ4v) is 3.32. The molecular formula is C13H12BrN5S. The van der Waals surface area contributed by atoms with E-state index in [2.05, 4.69) is 54.7 Å². The van der Waals surface area contributed by atoms with Gasteiger partial charge in [0.05, 0.1) is 11.7 Å². The van der Waals surface area contributed by atoms with Crippen molar-refractivity contribution in [3.8, 4) is 5.82 Å². The summed E-state index contributed by atoms with van der Waals surface area (Å²) in [6, 6.07) is 6.20. The first-order valence-corrected chi connectivity index (χ1v) is 7.72. The molecule has 3 heterocycles.